The van der Waals surface area contributed by atoms with Gasteiger partial charge in [-0.05, 0) is 76.8 Å². The third-order valence-electron chi connectivity index (χ3n) is 18.0. The standard InChI is InChI=1S/C67H71FN10O18/c1-4-67(92)42-23-47-57-40(28-78(47)64(89)41(42)30-94-65(67)90)56-44(19-18-35-33(2)43(68)24-45(75-57)55(35)56)73-54(84)31-93-32-72-52(82)26-70-61(87)46(22-34-12-6-5-7-13-34)74-53(83)27-69-51(81)25-71-62(88)48(20-21-50(80)76-63-60(86)59(85)49(29-79)95-63)96-66(91)77(3)58-38-16-10-8-14-36(38)37-15-9-11-17-39(37)58/h5-17,23-24,44,46,48-49,58-60,63,79,85-86,92H,4,18-22,25-32H2,1-3H3,(H,69,81)(H,70,87)(H,71,88)(H,72,82)(H,73,84)(H,74,83)(H,76,80)/t44-,46-,48-,49+,59+,60+,63?,67-/m0/s1. The van der Waals surface area contributed by atoms with Crippen molar-refractivity contribution in [1.29, 1.82) is 0 Å². The van der Waals surface area contributed by atoms with Crippen LogP contribution in [0.5, 0.6) is 0 Å². The van der Waals surface area contributed by atoms with Crippen molar-refractivity contribution in [2.24, 2.45) is 0 Å². The molecule has 11 N–H and O–H groups in total. The third-order valence-corrected chi connectivity index (χ3v) is 18.0. The number of aliphatic hydroxyl groups is 4. The van der Waals surface area contributed by atoms with E-state index in [0.717, 1.165) is 22.3 Å². The largest absolute Gasteiger partial charge is 0.458 e. The molecule has 1 fully saturated rings. The lowest BCUT2D eigenvalue weighted by Gasteiger charge is -2.31. The van der Waals surface area contributed by atoms with E-state index in [1.807, 2.05) is 48.5 Å². The SMILES string of the molecule is CC[C@@]1(O)C(=O)OCc2c1cc1n(c2=O)Cc2c-1nc1cc(F)c(C)c3c1c2[C@@H](NC(=O)COCNC(=O)CNC(=O)[C@H](Cc1ccccc1)NC(=O)CNC(=O)CNC(=O)[C@H](CCC(=O)NC1O[C@H](CO)[C@@H](O)[C@H]1O)OC(=O)N(C)C1c2ccccc2-c2ccccc21)CC3. The number of carbonyl (C=O) groups is 9. The van der Waals surface area contributed by atoms with Crippen molar-refractivity contribution in [3.8, 4) is 22.5 Å². The molecule has 29 heteroatoms. The number of esters is 1. The highest BCUT2D eigenvalue weighted by Gasteiger charge is 2.47. The number of hydrogen-bond donors (Lipinski definition) is 11. The molecule has 0 radical (unpaired) electrons. The molecule has 6 aromatic rings. The lowest BCUT2D eigenvalue weighted by atomic mass is 9.81. The number of carbonyl (C=O) groups excluding carboxylic acids is 9. The van der Waals surface area contributed by atoms with Gasteiger partial charge in [0.15, 0.2) is 17.9 Å². The molecule has 1 saturated heterocycles. The van der Waals surface area contributed by atoms with Crippen LogP contribution in [0, 0.1) is 12.7 Å². The highest BCUT2D eigenvalue weighted by Crippen LogP contribution is 2.48. The Morgan fingerprint density at radius 2 is 1.47 bits per heavy atom. The van der Waals surface area contributed by atoms with Crippen LogP contribution in [0.15, 0.2) is 95.8 Å². The smallest absolute Gasteiger partial charge is 0.411 e. The van der Waals surface area contributed by atoms with Crippen molar-refractivity contribution in [2.45, 2.75) is 120 Å². The van der Waals surface area contributed by atoms with Crippen molar-refractivity contribution in [2.75, 3.05) is 46.6 Å². The van der Waals surface area contributed by atoms with Crippen LogP contribution in [0.25, 0.3) is 33.4 Å². The predicted molar refractivity (Wildman–Crippen MR) is 335 cm³/mol. The Bertz CT molecular complexity index is 4130. The number of aliphatic hydroxyl groups excluding tert-OH is 3. The highest BCUT2D eigenvalue weighted by atomic mass is 19.1. The summed E-state index contributed by atoms with van der Waals surface area (Å²) in [7, 11) is 1.48. The molecule has 504 valence electrons. The van der Waals surface area contributed by atoms with Gasteiger partial charge in [-0.3, -0.25) is 38.4 Å². The fourth-order valence-electron chi connectivity index (χ4n) is 13.0. The van der Waals surface area contributed by atoms with Crippen LogP contribution < -0.4 is 42.8 Å². The number of fused-ring (bicyclic) bond motifs is 8. The van der Waals surface area contributed by atoms with E-state index in [2.05, 4.69) is 37.2 Å². The van der Waals surface area contributed by atoms with Crippen molar-refractivity contribution < 1.29 is 86.9 Å². The van der Waals surface area contributed by atoms with Crippen LogP contribution in [0.4, 0.5) is 9.18 Å². The minimum Gasteiger partial charge on any atom is -0.458 e. The molecule has 96 heavy (non-hydrogen) atoms. The summed E-state index contributed by atoms with van der Waals surface area (Å²) in [5.41, 5.74) is 4.89. The molecule has 0 saturated carbocycles. The van der Waals surface area contributed by atoms with E-state index in [-0.39, 0.29) is 42.6 Å². The van der Waals surface area contributed by atoms with Gasteiger partial charge in [0.05, 0.1) is 67.3 Å². The highest BCUT2D eigenvalue weighted by molar-refractivity contribution is 5.96. The Hall–Kier alpha value is -10.0. The van der Waals surface area contributed by atoms with Gasteiger partial charge in [0, 0.05) is 48.9 Å². The Morgan fingerprint density at radius 3 is 2.16 bits per heavy atom. The number of halogens is 1. The second-order valence-electron chi connectivity index (χ2n) is 24.0. The molecular weight excluding hydrogens is 1250 g/mol. The van der Waals surface area contributed by atoms with E-state index in [4.69, 9.17) is 23.9 Å². The predicted octanol–water partition coefficient (Wildman–Crippen LogP) is 0.339. The molecule has 8 atom stereocenters. The second-order valence-corrected chi connectivity index (χ2v) is 24.0. The fourth-order valence-corrected chi connectivity index (χ4v) is 13.0. The number of aromatic nitrogens is 2. The molecule has 11 rings (SSSR count). The summed E-state index contributed by atoms with van der Waals surface area (Å²) >= 11 is 0. The van der Waals surface area contributed by atoms with Crippen LogP contribution >= 0.6 is 0 Å². The van der Waals surface area contributed by atoms with E-state index < -0.39 is 172 Å². The second kappa shape index (κ2) is 28.5. The number of pyridine rings is 2. The number of benzene rings is 4. The average molecular weight is 1320 g/mol. The molecule has 2 aromatic heterocycles. The van der Waals surface area contributed by atoms with E-state index in [1.54, 1.807) is 50.2 Å². The number of nitrogens with one attached hydrogen (secondary N) is 7. The molecule has 8 amide bonds. The maximum absolute atomic E-state index is 15.5. The molecule has 1 unspecified atom stereocenters. The van der Waals surface area contributed by atoms with E-state index in [1.165, 1.54) is 22.6 Å². The van der Waals surface area contributed by atoms with Crippen molar-refractivity contribution >= 4 is 64.3 Å². The Labute approximate surface area is 547 Å². The molecule has 5 aliphatic rings. The van der Waals surface area contributed by atoms with Crippen molar-refractivity contribution in [1.82, 2.24) is 51.7 Å². The van der Waals surface area contributed by atoms with Crippen LogP contribution in [0.1, 0.15) is 94.8 Å². The van der Waals surface area contributed by atoms with Crippen molar-refractivity contribution in [3.63, 3.8) is 0 Å². The quantitative estimate of drug-likeness (QED) is 0.0221. The summed E-state index contributed by atoms with van der Waals surface area (Å²) < 4.78 is 38.7. The zero-order valence-electron chi connectivity index (χ0n) is 52.4. The normalized spacial score (nSPS) is 20.0. The van der Waals surface area contributed by atoms with Gasteiger partial charge < -0.3 is 86.1 Å². The number of aryl methyl sites for hydroxylation is 1. The number of rotatable bonds is 24. The van der Waals surface area contributed by atoms with Crippen molar-refractivity contribution in [3.05, 3.63) is 157 Å². The van der Waals surface area contributed by atoms with Gasteiger partial charge in [0.1, 0.15) is 50.1 Å². The summed E-state index contributed by atoms with van der Waals surface area (Å²) in [4.78, 5) is 141. The van der Waals surface area contributed by atoms with Gasteiger partial charge in [-0.25, -0.2) is 19.0 Å². The van der Waals surface area contributed by atoms with Gasteiger partial charge in [-0.15, -0.1) is 0 Å². The fraction of sp³-hybridized carbons (Fsp3) is 0.388. The molecular formula is C67H71FN10O18. The Kier molecular flexibility index (Phi) is 20.0. The molecule has 4 aromatic carbocycles. The summed E-state index contributed by atoms with van der Waals surface area (Å²) in [6.07, 6.45) is -8.70. The monoisotopic (exact) mass is 1320 g/mol. The molecule has 0 bridgehead atoms. The molecule has 3 aliphatic heterocycles. The lowest BCUT2D eigenvalue weighted by molar-refractivity contribution is -0.172. The number of hydrogen-bond acceptors (Lipinski definition) is 19. The number of cyclic esters (lactones) is 1. The number of amides is 8. The van der Waals surface area contributed by atoms with Gasteiger partial charge >= 0.3 is 12.1 Å². The van der Waals surface area contributed by atoms with Gasteiger partial charge in [-0.2, -0.15) is 0 Å². The van der Waals surface area contributed by atoms with E-state index in [9.17, 15) is 68.4 Å². The first-order valence-corrected chi connectivity index (χ1v) is 31.2. The minimum absolute atomic E-state index is 0.0239. The minimum atomic E-state index is -2.08. The lowest BCUT2D eigenvalue weighted by Crippen LogP contribution is -2.52. The summed E-state index contributed by atoms with van der Waals surface area (Å²) in [6, 6.07) is 23.7. The molecule has 0 spiro atoms. The van der Waals surface area contributed by atoms with Crippen LogP contribution in [-0.4, -0.2) is 172 Å². The van der Waals surface area contributed by atoms with E-state index in [0.29, 0.717) is 57.4 Å². The first kappa shape index (κ1) is 67.4. The van der Waals surface area contributed by atoms with Crippen LogP contribution in [0.3, 0.4) is 0 Å². The zero-order valence-corrected chi connectivity index (χ0v) is 52.4. The molecule has 2 aliphatic carbocycles. The summed E-state index contributed by atoms with van der Waals surface area (Å²) in [5, 5.41) is 59.6. The maximum Gasteiger partial charge on any atom is 0.411 e. The zero-order chi connectivity index (χ0) is 68.3. The van der Waals surface area contributed by atoms with Gasteiger partial charge in [-0.1, -0.05) is 85.8 Å². The van der Waals surface area contributed by atoms with Crippen LogP contribution in [-0.2, 0) is 88.9 Å². The van der Waals surface area contributed by atoms with Gasteiger partial charge in [0.25, 0.3) is 11.5 Å². The first-order chi connectivity index (χ1) is 46.1. The topological polar surface area (TPSA) is 394 Å². The third kappa shape index (κ3) is 13.6. The number of nitrogens with zero attached hydrogens (tertiary/aromatic N) is 3. The average Bonchev–Trinajstić information content (AvgIpc) is 1.48. The number of ether oxygens (including phenoxy) is 4. The van der Waals surface area contributed by atoms with Gasteiger partial charge in [0.2, 0.25) is 35.4 Å². The maximum atomic E-state index is 15.5. The Balaban J connectivity index is 0.667. The Morgan fingerprint density at radius 1 is 0.802 bits per heavy atom. The summed E-state index contributed by atoms with van der Waals surface area (Å²) in [5.74, 6) is -6.99. The molecule has 5 heterocycles. The first-order valence-electron chi connectivity index (χ1n) is 31.2. The van der Waals surface area contributed by atoms with Crippen LogP contribution in [0.2, 0.25) is 0 Å². The summed E-state index contributed by atoms with van der Waals surface area (Å²) in [6.45, 7) is -0.772. The van der Waals surface area contributed by atoms with E-state index >= 15 is 4.39 Å². The molecule has 28 nitrogen and oxygen atoms in total.